The summed E-state index contributed by atoms with van der Waals surface area (Å²) < 4.78 is 11.0. The zero-order valence-electron chi connectivity index (χ0n) is 15.0. The fraction of sp³-hybridized carbons (Fsp3) is 0.412. The average Bonchev–Trinajstić information content (AvgIpc) is 2.65. The molecular weight excluding hydrogens is 393 g/mol. The van der Waals surface area contributed by atoms with Gasteiger partial charge in [-0.25, -0.2) is 5.84 Å². The second kappa shape index (κ2) is 12.5. The first-order chi connectivity index (χ1) is 12.6. The van der Waals surface area contributed by atoms with Crippen LogP contribution in [0.25, 0.3) is 0 Å². The second-order valence-corrected chi connectivity index (χ2v) is 6.11. The molecule has 0 saturated heterocycles. The van der Waals surface area contributed by atoms with E-state index in [1.54, 1.807) is 18.2 Å². The van der Waals surface area contributed by atoms with Crippen LogP contribution in [0, 0.1) is 6.92 Å². The van der Waals surface area contributed by atoms with Crippen LogP contribution in [-0.4, -0.2) is 47.7 Å². The minimum absolute atomic E-state index is 0. The summed E-state index contributed by atoms with van der Waals surface area (Å²) in [7, 11) is 0. The second-order valence-electron chi connectivity index (χ2n) is 5.71. The normalized spacial score (nSPS) is 11.4. The summed E-state index contributed by atoms with van der Waals surface area (Å²) in [5.41, 5.74) is 3.45. The molecule has 2 rings (SSSR count). The van der Waals surface area contributed by atoms with Crippen LogP contribution in [0.3, 0.4) is 0 Å². The van der Waals surface area contributed by atoms with E-state index in [0.29, 0.717) is 42.2 Å². The van der Waals surface area contributed by atoms with E-state index in [-0.39, 0.29) is 19.0 Å². The Morgan fingerprint density at radius 1 is 1.22 bits per heavy atom. The van der Waals surface area contributed by atoms with E-state index in [0.717, 1.165) is 12.0 Å². The molecule has 10 heteroatoms. The van der Waals surface area contributed by atoms with Crippen molar-refractivity contribution >= 4 is 29.8 Å². The smallest absolute Gasteiger partial charge is 0.233 e. The van der Waals surface area contributed by atoms with Gasteiger partial charge in [-0.1, -0.05) is 17.7 Å². The standard InChI is InChI=1S/C17H24ClN5O3.ClH/c1-12-3-4-14(18)15(9-12)26-11-13(24)10-20-7-2-8-25-17-6-5-16(21-19)22-23-17;/h3-6,9,13,20,24H,2,7-8,10-11,19H2,1H3,(H,21,22);1H. The van der Waals surface area contributed by atoms with Crippen LogP contribution in [0.5, 0.6) is 11.6 Å². The Labute approximate surface area is 169 Å². The zero-order valence-corrected chi connectivity index (χ0v) is 16.6. The number of anilines is 1. The lowest BCUT2D eigenvalue weighted by Gasteiger charge is -2.14. The van der Waals surface area contributed by atoms with Gasteiger partial charge >= 0.3 is 0 Å². The van der Waals surface area contributed by atoms with Crippen molar-refractivity contribution in [1.29, 1.82) is 0 Å². The van der Waals surface area contributed by atoms with Crippen molar-refractivity contribution in [2.24, 2.45) is 5.84 Å². The van der Waals surface area contributed by atoms with Crippen LogP contribution in [0.15, 0.2) is 30.3 Å². The largest absolute Gasteiger partial charge is 0.489 e. The molecule has 27 heavy (non-hydrogen) atoms. The number of nitrogen functional groups attached to an aromatic ring is 1. The molecular formula is C17H25Cl2N5O3. The topological polar surface area (TPSA) is 115 Å². The highest BCUT2D eigenvalue weighted by Crippen LogP contribution is 2.25. The Morgan fingerprint density at radius 3 is 2.74 bits per heavy atom. The van der Waals surface area contributed by atoms with Crippen molar-refractivity contribution in [3.05, 3.63) is 40.9 Å². The number of aromatic nitrogens is 2. The number of hydrogen-bond donors (Lipinski definition) is 4. The molecule has 1 aromatic carbocycles. The average molecular weight is 418 g/mol. The predicted molar refractivity (Wildman–Crippen MR) is 108 cm³/mol. The molecule has 0 aliphatic carbocycles. The number of benzene rings is 1. The zero-order chi connectivity index (χ0) is 18.8. The van der Waals surface area contributed by atoms with E-state index in [1.165, 1.54) is 0 Å². The number of halogens is 2. The molecule has 2 aromatic rings. The number of aliphatic hydroxyl groups is 1. The van der Waals surface area contributed by atoms with Gasteiger partial charge in [0.25, 0.3) is 0 Å². The number of aliphatic hydroxyl groups excluding tert-OH is 1. The molecule has 1 aromatic heterocycles. The fourth-order valence-electron chi connectivity index (χ4n) is 2.08. The number of nitrogens with two attached hydrogens (primary N) is 1. The maximum Gasteiger partial charge on any atom is 0.233 e. The molecule has 0 aliphatic heterocycles. The number of nitrogens with zero attached hydrogens (tertiary/aromatic N) is 2. The molecule has 1 unspecified atom stereocenters. The van der Waals surface area contributed by atoms with Crippen LogP contribution in [-0.2, 0) is 0 Å². The van der Waals surface area contributed by atoms with Crippen LogP contribution in [0.2, 0.25) is 5.02 Å². The van der Waals surface area contributed by atoms with Gasteiger partial charge in [0.05, 0.1) is 11.6 Å². The molecule has 0 fully saturated rings. The van der Waals surface area contributed by atoms with Crippen LogP contribution < -0.4 is 26.1 Å². The molecule has 5 N–H and O–H groups in total. The number of ether oxygens (including phenoxy) is 2. The minimum atomic E-state index is -0.630. The number of aryl methyl sites for hydroxylation is 1. The number of rotatable bonds is 11. The third kappa shape index (κ3) is 8.59. The first-order valence-corrected chi connectivity index (χ1v) is 8.67. The Balaban J connectivity index is 0.00000364. The lowest BCUT2D eigenvalue weighted by molar-refractivity contribution is 0.106. The van der Waals surface area contributed by atoms with Gasteiger partial charge < -0.3 is 25.3 Å². The number of hydrazine groups is 1. The van der Waals surface area contributed by atoms with E-state index >= 15 is 0 Å². The Kier molecular flexibility index (Phi) is 10.8. The Bertz CT molecular complexity index is 676. The van der Waals surface area contributed by atoms with Crippen molar-refractivity contribution in [3.8, 4) is 11.6 Å². The first-order valence-electron chi connectivity index (χ1n) is 8.29. The van der Waals surface area contributed by atoms with Crippen LogP contribution in [0.4, 0.5) is 5.82 Å². The SMILES string of the molecule is Cc1ccc(Cl)c(OCC(O)CNCCCOc2ccc(NN)nn2)c1.Cl. The van der Waals surface area contributed by atoms with Crippen molar-refractivity contribution in [3.63, 3.8) is 0 Å². The maximum absolute atomic E-state index is 9.96. The van der Waals surface area contributed by atoms with Gasteiger partial charge in [0.2, 0.25) is 5.88 Å². The number of hydrogen-bond acceptors (Lipinski definition) is 8. The Hall–Kier alpha value is -1.84. The van der Waals surface area contributed by atoms with Crippen LogP contribution >= 0.6 is 24.0 Å². The van der Waals surface area contributed by atoms with Crippen molar-refractivity contribution in [1.82, 2.24) is 15.5 Å². The molecule has 1 heterocycles. The van der Waals surface area contributed by atoms with Gasteiger partial charge in [-0.15, -0.1) is 22.6 Å². The highest BCUT2D eigenvalue weighted by atomic mass is 35.5. The highest BCUT2D eigenvalue weighted by Gasteiger charge is 2.07. The third-order valence-electron chi connectivity index (χ3n) is 3.43. The molecule has 0 saturated carbocycles. The molecule has 8 nitrogen and oxygen atoms in total. The van der Waals surface area contributed by atoms with E-state index in [1.807, 2.05) is 19.1 Å². The lowest BCUT2D eigenvalue weighted by Crippen LogP contribution is -2.32. The first kappa shape index (κ1) is 23.2. The van der Waals surface area contributed by atoms with Gasteiger partial charge in [-0.2, -0.15) is 0 Å². The van der Waals surface area contributed by atoms with E-state index < -0.39 is 6.10 Å². The van der Waals surface area contributed by atoms with Crippen molar-refractivity contribution < 1.29 is 14.6 Å². The quantitative estimate of drug-likeness (QED) is 0.249. The highest BCUT2D eigenvalue weighted by molar-refractivity contribution is 6.32. The van der Waals surface area contributed by atoms with Gasteiger partial charge in [-0.05, 0) is 43.7 Å². The van der Waals surface area contributed by atoms with Gasteiger partial charge in [0, 0.05) is 12.6 Å². The molecule has 1 atom stereocenters. The fourth-order valence-corrected chi connectivity index (χ4v) is 2.25. The number of nitrogens with one attached hydrogen (secondary N) is 2. The molecule has 0 radical (unpaired) electrons. The molecule has 0 amide bonds. The summed E-state index contributed by atoms with van der Waals surface area (Å²) in [5.74, 6) is 6.70. The van der Waals surface area contributed by atoms with Crippen LogP contribution in [0.1, 0.15) is 12.0 Å². The molecule has 0 bridgehead atoms. The summed E-state index contributed by atoms with van der Waals surface area (Å²) >= 11 is 6.05. The van der Waals surface area contributed by atoms with Crippen molar-refractivity contribution in [2.45, 2.75) is 19.4 Å². The van der Waals surface area contributed by atoms with Gasteiger partial charge in [0.15, 0.2) is 5.82 Å². The van der Waals surface area contributed by atoms with Gasteiger partial charge in [-0.3, -0.25) is 0 Å². The summed E-state index contributed by atoms with van der Waals surface area (Å²) in [6.07, 6.45) is 0.130. The van der Waals surface area contributed by atoms with E-state index in [2.05, 4.69) is 20.9 Å². The Morgan fingerprint density at radius 2 is 2.04 bits per heavy atom. The molecule has 150 valence electrons. The maximum atomic E-state index is 9.96. The summed E-state index contributed by atoms with van der Waals surface area (Å²) in [6, 6.07) is 8.90. The summed E-state index contributed by atoms with van der Waals surface area (Å²) in [4.78, 5) is 0. The van der Waals surface area contributed by atoms with Crippen molar-refractivity contribution in [2.75, 3.05) is 31.7 Å². The third-order valence-corrected chi connectivity index (χ3v) is 3.75. The lowest BCUT2D eigenvalue weighted by atomic mass is 10.2. The molecule has 0 spiro atoms. The summed E-state index contributed by atoms with van der Waals surface area (Å²) in [6.45, 7) is 3.73. The predicted octanol–water partition coefficient (Wildman–Crippen LogP) is 1.94. The van der Waals surface area contributed by atoms with Gasteiger partial charge in [0.1, 0.15) is 18.5 Å². The molecule has 0 aliphatic rings. The summed E-state index contributed by atoms with van der Waals surface area (Å²) in [5, 5.41) is 21.3. The monoisotopic (exact) mass is 417 g/mol. The van der Waals surface area contributed by atoms with E-state index in [9.17, 15) is 5.11 Å². The minimum Gasteiger partial charge on any atom is -0.489 e. The van der Waals surface area contributed by atoms with E-state index in [4.69, 9.17) is 26.9 Å².